The molecular weight excluding hydrogens is 269 g/mol. The first kappa shape index (κ1) is 14.2. The van der Waals surface area contributed by atoms with Gasteiger partial charge in [-0.2, -0.15) is 5.10 Å². The van der Waals surface area contributed by atoms with Crippen molar-refractivity contribution in [3.05, 3.63) is 41.8 Å². The van der Waals surface area contributed by atoms with Gasteiger partial charge in [0.2, 0.25) is 0 Å². The lowest BCUT2D eigenvalue weighted by atomic mass is 10.0. The number of aromatic amines is 1. The van der Waals surface area contributed by atoms with Crippen LogP contribution in [0.15, 0.2) is 30.5 Å². The second kappa shape index (κ2) is 6.37. The fraction of sp³-hybridized carbons (Fsp3) is 0.438. The Morgan fingerprint density at radius 2 is 2.29 bits per heavy atom. The van der Waals surface area contributed by atoms with E-state index >= 15 is 0 Å². The molecule has 1 unspecified atom stereocenters. The Morgan fingerprint density at radius 1 is 1.43 bits per heavy atom. The molecule has 1 aromatic carbocycles. The lowest BCUT2D eigenvalue weighted by Gasteiger charge is -2.31. The van der Waals surface area contributed by atoms with Crippen molar-refractivity contribution >= 4 is 0 Å². The molecule has 1 fully saturated rings. The van der Waals surface area contributed by atoms with Gasteiger partial charge in [-0.3, -0.25) is 10.00 Å². The third-order valence-corrected chi connectivity index (χ3v) is 4.05. The highest BCUT2D eigenvalue weighted by molar-refractivity contribution is 5.63. The molecule has 5 heteroatoms. The van der Waals surface area contributed by atoms with Gasteiger partial charge in [0.1, 0.15) is 5.82 Å². The van der Waals surface area contributed by atoms with Crippen molar-refractivity contribution < 1.29 is 9.13 Å². The van der Waals surface area contributed by atoms with Gasteiger partial charge in [-0.15, -0.1) is 0 Å². The van der Waals surface area contributed by atoms with Gasteiger partial charge < -0.3 is 4.74 Å². The second-order valence-electron chi connectivity index (χ2n) is 5.49. The third-order valence-electron chi connectivity index (χ3n) is 4.05. The maximum absolute atomic E-state index is 13.9. The Morgan fingerprint density at radius 3 is 3.10 bits per heavy atom. The number of rotatable bonds is 4. The predicted octanol–water partition coefficient (Wildman–Crippen LogP) is 2.83. The first-order valence-electron chi connectivity index (χ1n) is 7.30. The molecule has 0 saturated carbocycles. The zero-order valence-electron chi connectivity index (χ0n) is 12.2. The van der Waals surface area contributed by atoms with Crippen LogP contribution in [-0.4, -0.2) is 41.4 Å². The van der Waals surface area contributed by atoms with Crippen molar-refractivity contribution in [2.75, 3.05) is 20.2 Å². The molecule has 0 amide bonds. The average molecular weight is 289 g/mol. The van der Waals surface area contributed by atoms with Crippen LogP contribution in [0.3, 0.4) is 0 Å². The summed E-state index contributed by atoms with van der Waals surface area (Å²) in [6, 6.07) is 6.79. The molecule has 2 heterocycles. The molecular formula is C16H20FN3O. The summed E-state index contributed by atoms with van der Waals surface area (Å²) < 4.78 is 19.4. The van der Waals surface area contributed by atoms with E-state index in [1.54, 1.807) is 25.4 Å². The topological polar surface area (TPSA) is 41.1 Å². The minimum absolute atomic E-state index is 0.226. The number of nitrogens with zero attached hydrogens (tertiary/aromatic N) is 2. The highest BCUT2D eigenvalue weighted by atomic mass is 19.1. The number of halogens is 1. The molecule has 0 bridgehead atoms. The molecule has 1 N–H and O–H groups in total. The summed E-state index contributed by atoms with van der Waals surface area (Å²) in [6.07, 6.45) is 4.32. The van der Waals surface area contributed by atoms with Gasteiger partial charge in [-0.05, 0) is 31.5 Å². The van der Waals surface area contributed by atoms with Crippen LogP contribution in [-0.2, 0) is 11.3 Å². The number of benzene rings is 1. The number of ether oxygens (including phenoxy) is 1. The number of likely N-dealkylation sites (tertiary alicyclic amines) is 1. The van der Waals surface area contributed by atoms with Gasteiger partial charge in [-0.1, -0.05) is 12.1 Å². The molecule has 1 atom stereocenters. The van der Waals surface area contributed by atoms with E-state index in [1.165, 1.54) is 6.07 Å². The third kappa shape index (κ3) is 3.14. The van der Waals surface area contributed by atoms with E-state index in [-0.39, 0.29) is 5.82 Å². The number of aromatic nitrogens is 2. The molecule has 1 saturated heterocycles. The fourth-order valence-electron chi connectivity index (χ4n) is 2.92. The Balaban J connectivity index is 1.78. The number of nitrogens with one attached hydrogen (secondary N) is 1. The van der Waals surface area contributed by atoms with Crippen LogP contribution < -0.4 is 0 Å². The van der Waals surface area contributed by atoms with Crippen molar-refractivity contribution in [1.82, 2.24) is 15.1 Å². The van der Waals surface area contributed by atoms with E-state index in [4.69, 9.17) is 4.74 Å². The molecule has 0 aliphatic carbocycles. The molecule has 0 radical (unpaired) electrons. The van der Waals surface area contributed by atoms with Gasteiger partial charge in [0.15, 0.2) is 0 Å². The van der Waals surface area contributed by atoms with Gasteiger partial charge >= 0.3 is 0 Å². The van der Waals surface area contributed by atoms with Gasteiger partial charge in [0.25, 0.3) is 0 Å². The highest BCUT2D eigenvalue weighted by Crippen LogP contribution is 2.25. The quantitative estimate of drug-likeness (QED) is 0.941. The Kier molecular flexibility index (Phi) is 4.31. The molecule has 1 aliphatic heterocycles. The van der Waals surface area contributed by atoms with Crippen LogP contribution in [0.25, 0.3) is 11.3 Å². The van der Waals surface area contributed by atoms with Crippen molar-refractivity contribution in [2.24, 2.45) is 0 Å². The van der Waals surface area contributed by atoms with Crippen LogP contribution in [0.4, 0.5) is 4.39 Å². The lowest BCUT2D eigenvalue weighted by Crippen LogP contribution is -2.38. The maximum atomic E-state index is 13.9. The van der Waals surface area contributed by atoms with E-state index in [0.29, 0.717) is 11.7 Å². The second-order valence-corrected chi connectivity index (χ2v) is 5.49. The van der Waals surface area contributed by atoms with Gasteiger partial charge in [0, 0.05) is 31.3 Å². The van der Waals surface area contributed by atoms with Crippen molar-refractivity contribution in [2.45, 2.75) is 25.5 Å². The van der Waals surface area contributed by atoms with Crippen molar-refractivity contribution in [3.8, 4) is 11.3 Å². The van der Waals surface area contributed by atoms with Gasteiger partial charge in [0.05, 0.1) is 18.0 Å². The van der Waals surface area contributed by atoms with Crippen LogP contribution in [0, 0.1) is 5.82 Å². The predicted molar refractivity (Wildman–Crippen MR) is 79.3 cm³/mol. The molecule has 2 aromatic rings. The number of H-pyrrole nitrogens is 1. The average Bonchev–Trinajstić information content (AvgIpc) is 2.96. The smallest absolute Gasteiger partial charge is 0.132 e. The zero-order valence-corrected chi connectivity index (χ0v) is 12.2. The fourth-order valence-corrected chi connectivity index (χ4v) is 2.92. The summed E-state index contributed by atoms with van der Waals surface area (Å²) in [5.74, 6) is -0.226. The molecule has 0 spiro atoms. The summed E-state index contributed by atoms with van der Waals surface area (Å²) in [4.78, 5) is 2.34. The van der Waals surface area contributed by atoms with Gasteiger partial charge in [-0.25, -0.2) is 4.39 Å². The number of piperidine rings is 1. The first-order chi connectivity index (χ1) is 10.3. The monoisotopic (exact) mass is 289 g/mol. The minimum atomic E-state index is -0.226. The molecule has 1 aromatic heterocycles. The Labute approximate surface area is 123 Å². The lowest BCUT2D eigenvalue weighted by molar-refractivity contribution is 0.0286. The van der Waals surface area contributed by atoms with Crippen LogP contribution in [0.5, 0.6) is 0 Å². The Hall–Kier alpha value is -1.72. The molecule has 112 valence electrons. The van der Waals surface area contributed by atoms with Crippen LogP contribution in [0.1, 0.15) is 18.4 Å². The highest BCUT2D eigenvalue weighted by Gasteiger charge is 2.21. The Bertz CT molecular complexity index is 599. The first-order valence-corrected chi connectivity index (χ1v) is 7.30. The van der Waals surface area contributed by atoms with E-state index in [9.17, 15) is 4.39 Å². The van der Waals surface area contributed by atoms with E-state index < -0.39 is 0 Å². The summed E-state index contributed by atoms with van der Waals surface area (Å²) in [6.45, 7) is 2.72. The number of methoxy groups -OCH3 is 1. The number of hydrogen-bond acceptors (Lipinski definition) is 3. The summed E-state index contributed by atoms with van der Waals surface area (Å²) in [5.41, 5.74) is 2.37. The zero-order chi connectivity index (χ0) is 14.7. The summed E-state index contributed by atoms with van der Waals surface area (Å²) in [5, 5.41) is 7.02. The van der Waals surface area contributed by atoms with Crippen molar-refractivity contribution in [3.63, 3.8) is 0 Å². The maximum Gasteiger partial charge on any atom is 0.132 e. The van der Waals surface area contributed by atoms with E-state index in [0.717, 1.165) is 43.7 Å². The SMILES string of the molecule is COC1CCCN(Cc2cn[nH]c2-c2ccccc2F)C1. The van der Waals surface area contributed by atoms with E-state index in [2.05, 4.69) is 15.1 Å². The summed E-state index contributed by atoms with van der Waals surface area (Å²) in [7, 11) is 1.76. The van der Waals surface area contributed by atoms with Crippen LogP contribution >= 0.6 is 0 Å². The molecule has 21 heavy (non-hydrogen) atoms. The standard InChI is InChI=1S/C16H20FN3O/c1-21-13-5-4-8-20(11-13)10-12-9-18-19-16(12)14-6-2-3-7-15(14)17/h2-3,6-7,9,13H,4-5,8,10-11H2,1H3,(H,18,19). The van der Waals surface area contributed by atoms with Crippen LogP contribution in [0.2, 0.25) is 0 Å². The molecule has 4 nitrogen and oxygen atoms in total. The minimum Gasteiger partial charge on any atom is -0.380 e. The largest absolute Gasteiger partial charge is 0.380 e. The van der Waals surface area contributed by atoms with Crippen molar-refractivity contribution in [1.29, 1.82) is 0 Å². The molecule has 3 rings (SSSR count). The number of hydrogen-bond donors (Lipinski definition) is 1. The van der Waals surface area contributed by atoms with E-state index in [1.807, 2.05) is 6.07 Å². The summed E-state index contributed by atoms with van der Waals surface area (Å²) >= 11 is 0. The molecule has 1 aliphatic rings. The normalized spacial score (nSPS) is 19.8.